The molecule has 5 nitrogen and oxygen atoms in total. The van der Waals surface area contributed by atoms with E-state index in [0.29, 0.717) is 48.4 Å². The summed E-state index contributed by atoms with van der Waals surface area (Å²) in [7, 11) is 1.60. The maximum absolute atomic E-state index is 13.0. The second-order valence-corrected chi connectivity index (χ2v) is 6.90. The molecule has 0 saturated carbocycles. The molecule has 32 heavy (non-hydrogen) atoms. The normalized spacial score (nSPS) is 10.7. The quantitative estimate of drug-likeness (QED) is 0.276. The van der Waals surface area contributed by atoms with Crippen LogP contribution in [0.15, 0.2) is 72.8 Å². The molecular formula is C27H28O5. The number of carbonyl (C=O) groups is 1. The van der Waals surface area contributed by atoms with E-state index < -0.39 is 0 Å². The molecule has 0 fully saturated rings. The Hall–Kier alpha value is -3.73. The molecule has 0 amide bonds. The molecule has 0 radical (unpaired) electrons. The Bertz CT molecular complexity index is 1060. The predicted octanol–water partition coefficient (Wildman–Crippen LogP) is 5.97. The van der Waals surface area contributed by atoms with Gasteiger partial charge in [0.15, 0.2) is 5.78 Å². The van der Waals surface area contributed by atoms with Crippen LogP contribution in [0.2, 0.25) is 0 Å². The number of carbonyl (C=O) groups excluding carboxylic acids is 1. The molecular weight excluding hydrogens is 404 g/mol. The fraction of sp³-hybridized carbons (Fsp3) is 0.222. The Morgan fingerprint density at radius 3 is 2.25 bits per heavy atom. The minimum Gasteiger partial charge on any atom is -0.497 e. The third kappa shape index (κ3) is 6.14. The number of methoxy groups -OCH3 is 1. The molecule has 0 saturated heterocycles. The summed E-state index contributed by atoms with van der Waals surface area (Å²) in [5.41, 5.74) is 2.27. The molecule has 0 aliphatic rings. The van der Waals surface area contributed by atoms with Crippen LogP contribution >= 0.6 is 0 Å². The monoisotopic (exact) mass is 432 g/mol. The van der Waals surface area contributed by atoms with Crippen LogP contribution in [-0.2, 0) is 6.61 Å². The average Bonchev–Trinajstić information content (AvgIpc) is 2.83. The number of benzene rings is 3. The van der Waals surface area contributed by atoms with Gasteiger partial charge in [0, 0.05) is 17.7 Å². The highest BCUT2D eigenvalue weighted by molar-refractivity contribution is 6.08. The van der Waals surface area contributed by atoms with E-state index in [1.54, 1.807) is 37.5 Å². The molecule has 0 heterocycles. The SMILES string of the molecule is CCOc1ccc(C(=O)C=Cc2ccc(OC)cc2OCC)c(OCc2ccccc2)c1. The van der Waals surface area contributed by atoms with Gasteiger partial charge in [-0.25, -0.2) is 0 Å². The van der Waals surface area contributed by atoms with Crippen molar-refractivity contribution < 1.29 is 23.7 Å². The second-order valence-electron chi connectivity index (χ2n) is 6.90. The fourth-order valence-electron chi connectivity index (χ4n) is 3.13. The summed E-state index contributed by atoms with van der Waals surface area (Å²) in [5.74, 6) is 2.32. The van der Waals surface area contributed by atoms with E-state index >= 15 is 0 Å². The van der Waals surface area contributed by atoms with Gasteiger partial charge in [0.2, 0.25) is 0 Å². The van der Waals surface area contributed by atoms with Crippen molar-refractivity contribution in [2.75, 3.05) is 20.3 Å². The van der Waals surface area contributed by atoms with Crippen molar-refractivity contribution in [3.8, 4) is 23.0 Å². The van der Waals surface area contributed by atoms with Crippen LogP contribution in [0.25, 0.3) is 6.08 Å². The van der Waals surface area contributed by atoms with E-state index in [1.165, 1.54) is 6.08 Å². The zero-order valence-electron chi connectivity index (χ0n) is 18.7. The first kappa shape index (κ1) is 22.9. The molecule has 5 heteroatoms. The van der Waals surface area contributed by atoms with Crippen molar-refractivity contribution >= 4 is 11.9 Å². The summed E-state index contributed by atoms with van der Waals surface area (Å²) in [6, 6.07) is 20.6. The number of hydrogen-bond acceptors (Lipinski definition) is 5. The maximum atomic E-state index is 13.0. The summed E-state index contributed by atoms with van der Waals surface area (Å²) in [6.45, 7) is 5.22. The zero-order valence-corrected chi connectivity index (χ0v) is 18.7. The largest absolute Gasteiger partial charge is 0.497 e. The van der Waals surface area contributed by atoms with Gasteiger partial charge in [-0.05, 0) is 55.8 Å². The van der Waals surface area contributed by atoms with Crippen LogP contribution < -0.4 is 18.9 Å². The van der Waals surface area contributed by atoms with Crippen molar-refractivity contribution in [1.82, 2.24) is 0 Å². The zero-order chi connectivity index (χ0) is 22.8. The lowest BCUT2D eigenvalue weighted by molar-refractivity contribution is 0.104. The van der Waals surface area contributed by atoms with Crippen molar-refractivity contribution in [2.45, 2.75) is 20.5 Å². The molecule has 0 aromatic heterocycles. The van der Waals surface area contributed by atoms with Crippen molar-refractivity contribution in [1.29, 1.82) is 0 Å². The van der Waals surface area contributed by atoms with Gasteiger partial charge in [-0.1, -0.05) is 30.3 Å². The summed E-state index contributed by atoms with van der Waals surface area (Å²) in [5, 5.41) is 0. The summed E-state index contributed by atoms with van der Waals surface area (Å²) in [6.07, 6.45) is 3.26. The fourth-order valence-corrected chi connectivity index (χ4v) is 3.13. The highest BCUT2D eigenvalue weighted by Gasteiger charge is 2.13. The van der Waals surface area contributed by atoms with Gasteiger partial charge in [0.05, 0.1) is 25.9 Å². The van der Waals surface area contributed by atoms with Gasteiger partial charge in [0.1, 0.15) is 29.6 Å². The Balaban J connectivity index is 1.85. The molecule has 0 N–H and O–H groups in total. The van der Waals surface area contributed by atoms with Gasteiger partial charge < -0.3 is 18.9 Å². The lowest BCUT2D eigenvalue weighted by atomic mass is 10.1. The van der Waals surface area contributed by atoms with E-state index in [2.05, 4.69) is 0 Å². The molecule has 0 aliphatic carbocycles. The lowest BCUT2D eigenvalue weighted by Gasteiger charge is -2.12. The maximum Gasteiger partial charge on any atom is 0.189 e. The van der Waals surface area contributed by atoms with E-state index in [4.69, 9.17) is 18.9 Å². The van der Waals surface area contributed by atoms with E-state index in [-0.39, 0.29) is 5.78 Å². The van der Waals surface area contributed by atoms with Crippen LogP contribution in [0.4, 0.5) is 0 Å². The molecule has 166 valence electrons. The predicted molar refractivity (Wildman–Crippen MR) is 126 cm³/mol. The van der Waals surface area contributed by atoms with Crippen molar-refractivity contribution in [3.63, 3.8) is 0 Å². The van der Waals surface area contributed by atoms with Crippen LogP contribution in [0.5, 0.6) is 23.0 Å². The molecule has 0 bridgehead atoms. The lowest BCUT2D eigenvalue weighted by Crippen LogP contribution is -2.04. The molecule has 0 unspecified atom stereocenters. The number of allylic oxidation sites excluding steroid dienone is 1. The molecule has 0 spiro atoms. The Kier molecular flexibility index (Phi) is 8.32. The summed E-state index contributed by atoms with van der Waals surface area (Å²) < 4.78 is 22.5. The molecule has 3 aromatic rings. The first-order valence-electron chi connectivity index (χ1n) is 10.6. The Labute approximate surface area is 189 Å². The number of hydrogen-bond donors (Lipinski definition) is 0. The highest BCUT2D eigenvalue weighted by atomic mass is 16.5. The van der Waals surface area contributed by atoms with Gasteiger partial charge in [-0.3, -0.25) is 4.79 Å². The van der Waals surface area contributed by atoms with Crippen LogP contribution in [0.1, 0.15) is 35.3 Å². The smallest absolute Gasteiger partial charge is 0.189 e. The van der Waals surface area contributed by atoms with Gasteiger partial charge >= 0.3 is 0 Å². The van der Waals surface area contributed by atoms with Crippen LogP contribution in [-0.4, -0.2) is 26.1 Å². The minimum absolute atomic E-state index is 0.172. The minimum atomic E-state index is -0.172. The third-order valence-corrected chi connectivity index (χ3v) is 4.70. The molecule has 0 aliphatic heterocycles. The van der Waals surface area contributed by atoms with Gasteiger partial charge in [-0.15, -0.1) is 0 Å². The summed E-state index contributed by atoms with van der Waals surface area (Å²) >= 11 is 0. The molecule has 0 atom stereocenters. The third-order valence-electron chi connectivity index (χ3n) is 4.70. The number of ketones is 1. The standard InChI is InChI=1S/C27H28O5/c1-4-30-23-14-15-24(27(18-23)32-19-20-9-7-6-8-10-20)25(28)16-12-21-11-13-22(29-3)17-26(21)31-5-2/h6-18H,4-5,19H2,1-3H3. The van der Waals surface area contributed by atoms with Crippen molar-refractivity contribution in [3.05, 3.63) is 89.5 Å². The van der Waals surface area contributed by atoms with E-state index in [0.717, 1.165) is 11.1 Å². The average molecular weight is 433 g/mol. The van der Waals surface area contributed by atoms with E-state index in [9.17, 15) is 4.79 Å². The highest BCUT2D eigenvalue weighted by Crippen LogP contribution is 2.29. The van der Waals surface area contributed by atoms with E-state index in [1.807, 2.05) is 56.3 Å². The van der Waals surface area contributed by atoms with Crippen molar-refractivity contribution in [2.24, 2.45) is 0 Å². The summed E-state index contributed by atoms with van der Waals surface area (Å²) in [4.78, 5) is 13.0. The number of rotatable bonds is 11. The Morgan fingerprint density at radius 2 is 1.53 bits per heavy atom. The molecule has 3 aromatic carbocycles. The topological polar surface area (TPSA) is 54.0 Å². The van der Waals surface area contributed by atoms with Crippen LogP contribution in [0.3, 0.4) is 0 Å². The van der Waals surface area contributed by atoms with Gasteiger partial charge in [0.25, 0.3) is 0 Å². The second kappa shape index (κ2) is 11.6. The first-order chi connectivity index (χ1) is 15.6. The van der Waals surface area contributed by atoms with Gasteiger partial charge in [-0.2, -0.15) is 0 Å². The Morgan fingerprint density at radius 1 is 0.812 bits per heavy atom. The molecule has 3 rings (SSSR count). The van der Waals surface area contributed by atoms with Crippen LogP contribution in [0, 0.1) is 0 Å². The first-order valence-corrected chi connectivity index (χ1v) is 10.6. The number of ether oxygens (including phenoxy) is 4.